The summed E-state index contributed by atoms with van der Waals surface area (Å²) in [5.74, 6) is -1.15. The topological polar surface area (TPSA) is 97.5 Å². The molecule has 2 rings (SSSR count). The molecule has 1 aromatic carbocycles. The highest BCUT2D eigenvalue weighted by Gasteiger charge is 2.18. The molecule has 0 radical (unpaired) electrons. The summed E-state index contributed by atoms with van der Waals surface area (Å²) in [4.78, 5) is 11.0. The fraction of sp³-hybridized carbons (Fsp3) is 0.0909. The smallest absolute Gasteiger partial charge is 0.341 e. The van der Waals surface area contributed by atoms with Crippen LogP contribution in [0.25, 0.3) is 11.3 Å². The Morgan fingerprint density at radius 2 is 2.11 bits per heavy atom. The summed E-state index contributed by atoms with van der Waals surface area (Å²) in [5, 5.41) is 12.3. The molecule has 0 spiro atoms. The van der Waals surface area contributed by atoms with Gasteiger partial charge in [0.2, 0.25) is 0 Å². The molecule has 2 aromatic rings. The molecule has 0 saturated carbocycles. The zero-order valence-electron chi connectivity index (χ0n) is 9.32. The first-order valence-corrected chi connectivity index (χ1v) is 6.77. The Morgan fingerprint density at radius 1 is 1.39 bits per heavy atom. The van der Waals surface area contributed by atoms with Crippen LogP contribution >= 0.6 is 0 Å². The molecule has 1 aromatic heterocycles. The van der Waals surface area contributed by atoms with Gasteiger partial charge in [-0.25, -0.2) is 13.2 Å². The Kier molecular flexibility index (Phi) is 2.92. The number of aromatic nitrogens is 1. The van der Waals surface area contributed by atoms with Crippen LogP contribution in [0.3, 0.4) is 0 Å². The van der Waals surface area contributed by atoms with E-state index >= 15 is 0 Å². The summed E-state index contributed by atoms with van der Waals surface area (Å²) < 4.78 is 27.7. The molecule has 1 heterocycles. The number of carbonyl (C=O) groups is 1. The molecule has 18 heavy (non-hydrogen) atoms. The van der Waals surface area contributed by atoms with Gasteiger partial charge >= 0.3 is 5.97 Å². The van der Waals surface area contributed by atoms with Crippen molar-refractivity contribution < 1.29 is 22.8 Å². The van der Waals surface area contributed by atoms with Crippen molar-refractivity contribution in [1.29, 1.82) is 0 Å². The molecule has 0 amide bonds. The number of hydrogen-bond donors (Lipinski definition) is 1. The Morgan fingerprint density at radius 3 is 2.72 bits per heavy atom. The van der Waals surface area contributed by atoms with Crippen molar-refractivity contribution in [2.75, 3.05) is 6.26 Å². The number of sulfone groups is 1. The van der Waals surface area contributed by atoms with Crippen molar-refractivity contribution >= 4 is 15.8 Å². The lowest BCUT2D eigenvalue weighted by molar-refractivity contribution is 0.0697. The van der Waals surface area contributed by atoms with Crippen LogP contribution in [0.4, 0.5) is 0 Å². The number of aromatic carboxylic acids is 1. The van der Waals surface area contributed by atoms with E-state index in [0.29, 0.717) is 5.56 Å². The average molecular weight is 267 g/mol. The maximum absolute atomic E-state index is 11.4. The largest absolute Gasteiger partial charge is 0.477 e. The monoisotopic (exact) mass is 267 g/mol. The second kappa shape index (κ2) is 4.26. The molecule has 7 heteroatoms. The molecule has 0 fully saturated rings. The summed E-state index contributed by atoms with van der Waals surface area (Å²) in [5.41, 5.74) is 0.244. The number of carboxylic acids is 1. The number of rotatable bonds is 3. The van der Waals surface area contributed by atoms with Crippen LogP contribution in [0.5, 0.6) is 0 Å². The molecular formula is C11H9NO5S. The summed E-state index contributed by atoms with van der Waals surface area (Å²) in [7, 11) is -3.36. The van der Waals surface area contributed by atoms with Crippen LogP contribution in [-0.2, 0) is 9.84 Å². The fourth-order valence-electron chi connectivity index (χ4n) is 1.47. The molecule has 0 unspecified atom stereocenters. The molecule has 0 aliphatic heterocycles. The first-order valence-electron chi connectivity index (χ1n) is 4.88. The number of nitrogens with zero attached hydrogens (tertiary/aromatic N) is 1. The van der Waals surface area contributed by atoms with Crippen molar-refractivity contribution in [1.82, 2.24) is 5.16 Å². The average Bonchev–Trinajstić information content (AvgIpc) is 2.77. The van der Waals surface area contributed by atoms with Gasteiger partial charge in [0.1, 0.15) is 5.56 Å². The molecule has 0 saturated heterocycles. The van der Waals surface area contributed by atoms with Crippen LogP contribution in [0, 0.1) is 0 Å². The maximum Gasteiger partial charge on any atom is 0.341 e. The van der Waals surface area contributed by atoms with E-state index in [0.717, 1.165) is 12.5 Å². The zero-order valence-corrected chi connectivity index (χ0v) is 10.1. The third-order valence-electron chi connectivity index (χ3n) is 2.33. The maximum atomic E-state index is 11.4. The predicted octanol–water partition coefficient (Wildman–Crippen LogP) is 1.44. The van der Waals surface area contributed by atoms with E-state index in [-0.39, 0.29) is 16.2 Å². The second-order valence-corrected chi connectivity index (χ2v) is 5.69. The molecule has 0 bridgehead atoms. The van der Waals surface area contributed by atoms with Crippen LogP contribution in [0.2, 0.25) is 0 Å². The first-order chi connectivity index (χ1) is 8.39. The Labute approximate surface area is 103 Å². The minimum Gasteiger partial charge on any atom is -0.477 e. The van der Waals surface area contributed by atoms with E-state index in [1.807, 2.05) is 0 Å². The van der Waals surface area contributed by atoms with Crippen molar-refractivity contribution in [3.63, 3.8) is 0 Å². The normalized spacial score (nSPS) is 11.4. The number of benzene rings is 1. The molecule has 1 N–H and O–H groups in total. The van der Waals surface area contributed by atoms with E-state index in [2.05, 4.69) is 5.16 Å². The van der Waals surface area contributed by atoms with Gasteiger partial charge in [-0.2, -0.15) is 0 Å². The minimum atomic E-state index is -3.36. The Balaban J connectivity index is 2.59. The van der Waals surface area contributed by atoms with Gasteiger partial charge in [0.05, 0.1) is 11.1 Å². The number of carboxylic acid groups (broad SMARTS) is 1. The Bertz CT molecular complexity index is 702. The van der Waals surface area contributed by atoms with Gasteiger partial charge in [-0.3, -0.25) is 0 Å². The lowest BCUT2D eigenvalue weighted by Crippen LogP contribution is -1.98. The highest BCUT2D eigenvalue weighted by Crippen LogP contribution is 2.25. The minimum absolute atomic E-state index is 0.0352. The van der Waals surface area contributed by atoms with Gasteiger partial charge in [0.25, 0.3) is 0 Å². The van der Waals surface area contributed by atoms with E-state index in [1.165, 1.54) is 18.2 Å². The van der Waals surface area contributed by atoms with E-state index < -0.39 is 15.8 Å². The van der Waals surface area contributed by atoms with Gasteiger partial charge in [-0.05, 0) is 12.1 Å². The molecule has 94 valence electrons. The first kappa shape index (κ1) is 12.3. The van der Waals surface area contributed by atoms with Gasteiger partial charge in [-0.15, -0.1) is 0 Å². The Hall–Kier alpha value is -2.15. The molecule has 6 nitrogen and oxygen atoms in total. The van der Waals surface area contributed by atoms with E-state index in [9.17, 15) is 13.2 Å². The highest BCUT2D eigenvalue weighted by molar-refractivity contribution is 7.90. The number of hydrogen-bond acceptors (Lipinski definition) is 5. The van der Waals surface area contributed by atoms with Gasteiger partial charge < -0.3 is 9.63 Å². The molecular weight excluding hydrogens is 258 g/mol. The third-order valence-corrected chi connectivity index (χ3v) is 3.44. The summed E-state index contributed by atoms with van der Waals surface area (Å²) >= 11 is 0. The van der Waals surface area contributed by atoms with Crippen LogP contribution in [0.1, 0.15) is 10.4 Å². The highest BCUT2D eigenvalue weighted by atomic mass is 32.2. The van der Waals surface area contributed by atoms with Gasteiger partial charge in [0, 0.05) is 11.8 Å². The standard InChI is InChI=1S/C11H9NO5S/c1-18(15,16)8-4-2-3-7(5-8)10-9(11(13)14)6-12-17-10/h2-6H,1H3,(H,13,14). The SMILES string of the molecule is CS(=O)(=O)c1cccc(-c2oncc2C(=O)O)c1. The molecule has 0 aliphatic carbocycles. The van der Waals surface area contributed by atoms with E-state index in [1.54, 1.807) is 6.07 Å². The third kappa shape index (κ3) is 2.25. The van der Waals surface area contributed by atoms with E-state index in [4.69, 9.17) is 9.63 Å². The van der Waals surface area contributed by atoms with Crippen molar-refractivity contribution in [3.8, 4) is 11.3 Å². The summed E-state index contributed by atoms with van der Waals surface area (Å²) in [6, 6.07) is 5.85. The van der Waals surface area contributed by atoms with Crippen molar-refractivity contribution in [2.24, 2.45) is 0 Å². The summed E-state index contributed by atoms with van der Waals surface area (Å²) in [6.07, 6.45) is 2.15. The lowest BCUT2D eigenvalue weighted by Gasteiger charge is -2.01. The van der Waals surface area contributed by atoms with Gasteiger partial charge in [0.15, 0.2) is 15.6 Å². The lowest BCUT2D eigenvalue weighted by atomic mass is 10.1. The van der Waals surface area contributed by atoms with Crippen LogP contribution in [0.15, 0.2) is 39.9 Å². The summed E-state index contributed by atoms with van der Waals surface area (Å²) in [6.45, 7) is 0. The van der Waals surface area contributed by atoms with Crippen molar-refractivity contribution in [3.05, 3.63) is 36.0 Å². The molecule has 0 aliphatic rings. The van der Waals surface area contributed by atoms with Crippen molar-refractivity contribution in [2.45, 2.75) is 4.90 Å². The predicted molar refractivity (Wildman–Crippen MR) is 62.0 cm³/mol. The zero-order chi connectivity index (χ0) is 13.3. The van der Waals surface area contributed by atoms with Crippen LogP contribution < -0.4 is 0 Å². The molecule has 0 atom stereocenters. The quantitative estimate of drug-likeness (QED) is 0.903. The fourth-order valence-corrected chi connectivity index (χ4v) is 2.13. The van der Waals surface area contributed by atoms with Gasteiger partial charge in [-0.1, -0.05) is 17.3 Å². The second-order valence-electron chi connectivity index (χ2n) is 3.67. The van der Waals surface area contributed by atoms with Crippen LogP contribution in [-0.4, -0.2) is 30.9 Å².